The van der Waals surface area contributed by atoms with Gasteiger partial charge in [0.1, 0.15) is 23.2 Å². The lowest BCUT2D eigenvalue weighted by molar-refractivity contribution is -0.120. The third kappa shape index (κ3) is 6.59. The lowest BCUT2D eigenvalue weighted by Crippen LogP contribution is -2.38. The minimum Gasteiger partial charge on any atom is -0.492 e. The van der Waals surface area contributed by atoms with E-state index in [1.807, 2.05) is 29.6 Å². The van der Waals surface area contributed by atoms with Gasteiger partial charge in [0.25, 0.3) is 0 Å². The van der Waals surface area contributed by atoms with E-state index in [-0.39, 0.29) is 18.1 Å². The molecule has 0 radical (unpaired) electrons. The molecule has 1 aliphatic heterocycles. The largest absolute Gasteiger partial charge is 0.492 e. The van der Waals surface area contributed by atoms with Crippen LogP contribution in [0.1, 0.15) is 11.3 Å². The number of morpholine rings is 1. The number of carbonyl (C=O) groups is 1. The molecule has 1 saturated heterocycles. The summed E-state index contributed by atoms with van der Waals surface area (Å²) in [6, 6.07) is 14.0. The van der Waals surface area contributed by atoms with Crippen molar-refractivity contribution in [3.8, 4) is 16.3 Å². The first-order valence-electron chi connectivity index (χ1n) is 10.6. The Morgan fingerprint density at radius 2 is 1.88 bits per heavy atom. The van der Waals surface area contributed by atoms with Crippen molar-refractivity contribution in [1.82, 2.24) is 15.2 Å². The second-order valence-electron chi connectivity index (χ2n) is 7.55. The van der Waals surface area contributed by atoms with E-state index in [2.05, 4.69) is 15.2 Å². The minimum atomic E-state index is -0.289. The van der Waals surface area contributed by atoms with Gasteiger partial charge in [-0.2, -0.15) is 0 Å². The Bertz CT molecular complexity index is 1000. The third-order valence-corrected chi connectivity index (χ3v) is 6.12. The van der Waals surface area contributed by atoms with E-state index < -0.39 is 0 Å². The molecule has 1 N–H and O–H groups in total. The molecule has 0 unspecified atom stereocenters. The van der Waals surface area contributed by atoms with Crippen molar-refractivity contribution in [3.63, 3.8) is 0 Å². The Morgan fingerprint density at radius 1 is 1.12 bits per heavy atom. The molecule has 0 aliphatic carbocycles. The third-order valence-electron chi connectivity index (χ3n) is 5.18. The molecule has 32 heavy (non-hydrogen) atoms. The highest BCUT2D eigenvalue weighted by Crippen LogP contribution is 2.26. The average molecular weight is 456 g/mol. The molecule has 2 aromatic carbocycles. The molecule has 4 rings (SSSR count). The first kappa shape index (κ1) is 22.4. The van der Waals surface area contributed by atoms with Crippen molar-refractivity contribution >= 4 is 17.2 Å². The average Bonchev–Trinajstić information content (AvgIpc) is 3.28. The zero-order chi connectivity index (χ0) is 22.2. The van der Waals surface area contributed by atoms with Crippen molar-refractivity contribution in [3.05, 3.63) is 71.0 Å². The van der Waals surface area contributed by atoms with Crippen molar-refractivity contribution in [2.75, 3.05) is 39.5 Å². The molecule has 168 valence electrons. The molecule has 0 bridgehead atoms. The first-order chi connectivity index (χ1) is 15.7. The number of nitrogens with zero attached hydrogens (tertiary/aromatic N) is 2. The van der Waals surface area contributed by atoms with Gasteiger partial charge in [-0.05, 0) is 42.0 Å². The van der Waals surface area contributed by atoms with Gasteiger partial charge in [-0.15, -0.1) is 11.3 Å². The number of ether oxygens (including phenoxy) is 2. The molecule has 6 nitrogen and oxygen atoms in total. The van der Waals surface area contributed by atoms with Crippen LogP contribution in [-0.4, -0.2) is 55.2 Å². The number of hydrogen-bond donors (Lipinski definition) is 1. The summed E-state index contributed by atoms with van der Waals surface area (Å²) in [6.45, 7) is 5.40. The maximum atomic E-state index is 13.0. The fourth-order valence-corrected chi connectivity index (χ4v) is 4.19. The summed E-state index contributed by atoms with van der Waals surface area (Å²) >= 11 is 1.51. The van der Waals surface area contributed by atoms with Gasteiger partial charge in [0.2, 0.25) is 5.91 Å². The van der Waals surface area contributed by atoms with E-state index in [0.29, 0.717) is 13.2 Å². The summed E-state index contributed by atoms with van der Waals surface area (Å²) < 4.78 is 24.2. The minimum absolute atomic E-state index is 0.116. The Labute approximate surface area is 191 Å². The Balaban J connectivity index is 1.23. The maximum Gasteiger partial charge on any atom is 0.226 e. The highest BCUT2D eigenvalue weighted by molar-refractivity contribution is 7.13. The molecule has 1 amide bonds. The van der Waals surface area contributed by atoms with Crippen LogP contribution in [0.4, 0.5) is 4.39 Å². The second kappa shape index (κ2) is 11.2. The van der Waals surface area contributed by atoms with E-state index in [1.165, 1.54) is 23.5 Å². The molecule has 0 spiro atoms. The molecular formula is C24H26FN3O3S. The van der Waals surface area contributed by atoms with Gasteiger partial charge < -0.3 is 14.8 Å². The Hall–Kier alpha value is -2.81. The van der Waals surface area contributed by atoms with Crippen LogP contribution in [0.3, 0.4) is 0 Å². The van der Waals surface area contributed by atoms with Crippen molar-refractivity contribution in [2.45, 2.75) is 13.0 Å². The standard InChI is InChI=1S/C24H26FN3O3S/c25-20-5-1-18(2-6-20)16-26-23(29)15-21-17-32-24(27-21)19-3-7-22(8-4-19)31-14-11-28-9-12-30-13-10-28/h1-8,17H,9-16H2,(H,26,29). The summed E-state index contributed by atoms with van der Waals surface area (Å²) in [6.07, 6.45) is 0.209. The first-order valence-corrected chi connectivity index (χ1v) is 11.5. The van der Waals surface area contributed by atoms with Gasteiger partial charge in [-0.1, -0.05) is 12.1 Å². The second-order valence-corrected chi connectivity index (χ2v) is 8.41. The lowest BCUT2D eigenvalue weighted by Gasteiger charge is -2.26. The van der Waals surface area contributed by atoms with Crippen molar-refractivity contribution < 1.29 is 18.7 Å². The van der Waals surface area contributed by atoms with E-state index in [9.17, 15) is 9.18 Å². The number of carbonyl (C=O) groups excluding carboxylic acids is 1. The Kier molecular flexibility index (Phi) is 7.82. The molecule has 1 aliphatic rings. The van der Waals surface area contributed by atoms with Gasteiger partial charge in [0, 0.05) is 37.1 Å². The van der Waals surface area contributed by atoms with Gasteiger partial charge >= 0.3 is 0 Å². The van der Waals surface area contributed by atoms with Gasteiger partial charge in [-0.3, -0.25) is 9.69 Å². The number of aromatic nitrogens is 1. The fraction of sp³-hybridized carbons (Fsp3) is 0.333. The van der Waals surface area contributed by atoms with Crippen LogP contribution < -0.4 is 10.1 Å². The molecule has 0 saturated carbocycles. The molecule has 2 heterocycles. The van der Waals surface area contributed by atoms with E-state index >= 15 is 0 Å². The molecule has 0 atom stereocenters. The van der Waals surface area contributed by atoms with Crippen molar-refractivity contribution in [1.29, 1.82) is 0 Å². The van der Waals surface area contributed by atoms with E-state index in [4.69, 9.17) is 9.47 Å². The summed E-state index contributed by atoms with van der Waals surface area (Å²) in [5.41, 5.74) is 2.58. The van der Waals surface area contributed by atoms with Crippen LogP contribution in [-0.2, 0) is 22.5 Å². The number of nitrogens with one attached hydrogen (secondary N) is 1. The lowest BCUT2D eigenvalue weighted by atomic mass is 10.2. The predicted octanol–water partition coefficient (Wildman–Crippen LogP) is 3.52. The van der Waals surface area contributed by atoms with Crippen molar-refractivity contribution in [2.24, 2.45) is 0 Å². The van der Waals surface area contributed by atoms with Crippen LogP contribution in [0, 0.1) is 5.82 Å². The SMILES string of the molecule is O=C(Cc1csc(-c2ccc(OCCN3CCOCC3)cc2)n1)NCc1ccc(F)cc1. The molecule has 1 aromatic heterocycles. The van der Waals surface area contributed by atoms with Crippen LogP contribution in [0.25, 0.3) is 10.6 Å². The zero-order valence-electron chi connectivity index (χ0n) is 17.8. The summed E-state index contributed by atoms with van der Waals surface area (Å²) in [5, 5.41) is 5.61. The summed E-state index contributed by atoms with van der Waals surface area (Å²) in [5.74, 6) is 0.428. The maximum absolute atomic E-state index is 13.0. The van der Waals surface area contributed by atoms with Crippen LogP contribution in [0.5, 0.6) is 5.75 Å². The molecular weight excluding hydrogens is 429 g/mol. The number of halogens is 1. The monoisotopic (exact) mass is 455 g/mol. The normalized spacial score (nSPS) is 14.3. The van der Waals surface area contributed by atoms with Gasteiger partial charge in [0.05, 0.1) is 25.3 Å². The van der Waals surface area contributed by atoms with Gasteiger partial charge in [0.15, 0.2) is 0 Å². The zero-order valence-corrected chi connectivity index (χ0v) is 18.6. The van der Waals surface area contributed by atoms with Crippen LogP contribution >= 0.6 is 11.3 Å². The number of rotatable bonds is 9. The van der Waals surface area contributed by atoms with Gasteiger partial charge in [-0.25, -0.2) is 9.37 Å². The van der Waals surface area contributed by atoms with E-state index in [1.54, 1.807) is 12.1 Å². The molecule has 1 fully saturated rings. The highest BCUT2D eigenvalue weighted by Gasteiger charge is 2.11. The fourth-order valence-electron chi connectivity index (χ4n) is 3.36. The molecule has 3 aromatic rings. The molecule has 8 heteroatoms. The quantitative estimate of drug-likeness (QED) is 0.535. The summed E-state index contributed by atoms with van der Waals surface area (Å²) in [7, 11) is 0. The number of thiazole rings is 1. The number of hydrogen-bond acceptors (Lipinski definition) is 6. The topological polar surface area (TPSA) is 63.7 Å². The highest BCUT2D eigenvalue weighted by atomic mass is 32.1. The summed E-state index contributed by atoms with van der Waals surface area (Å²) in [4.78, 5) is 19.1. The van der Waals surface area contributed by atoms with Crippen LogP contribution in [0.2, 0.25) is 0 Å². The predicted molar refractivity (Wildman–Crippen MR) is 122 cm³/mol. The van der Waals surface area contributed by atoms with Crippen LogP contribution in [0.15, 0.2) is 53.9 Å². The number of benzene rings is 2. The van der Waals surface area contributed by atoms with E-state index in [0.717, 1.165) is 60.4 Å². The smallest absolute Gasteiger partial charge is 0.226 e. The number of amides is 1. The Morgan fingerprint density at radius 3 is 2.62 bits per heavy atom.